The molecule has 4 aliphatic carbocycles. The lowest BCUT2D eigenvalue weighted by atomic mass is 9.48. The van der Waals surface area contributed by atoms with Crippen molar-refractivity contribution in [1.29, 1.82) is 0 Å². The molecule has 0 saturated heterocycles. The first kappa shape index (κ1) is 18.5. The van der Waals surface area contributed by atoms with Crippen LogP contribution in [-0.2, 0) is 14.3 Å². The number of carbonyl (C=O) groups is 2. The first-order chi connectivity index (χ1) is 12.8. The third-order valence-electron chi connectivity index (χ3n) is 7.05. The first-order valence-electron chi connectivity index (χ1n) is 10.0. The molecule has 0 aromatic heterocycles. The number of ether oxygens (including phenoxy) is 1. The van der Waals surface area contributed by atoms with Crippen LogP contribution >= 0.6 is 0 Å². The molecule has 0 radical (unpaired) electrons. The summed E-state index contributed by atoms with van der Waals surface area (Å²) in [5.41, 5.74) is -0.239. The van der Waals surface area contributed by atoms with E-state index in [4.69, 9.17) is 4.74 Å². The van der Waals surface area contributed by atoms with Gasteiger partial charge in [-0.1, -0.05) is 30.3 Å². The van der Waals surface area contributed by atoms with Gasteiger partial charge < -0.3 is 14.7 Å². The zero-order valence-electron chi connectivity index (χ0n) is 16.2. The summed E-state index contributed by atoms with van der Waals surface area (Å²) in [6.45, 7) is 1.73. The third-order valence-corrected chi connectivity index (χ3v) is 7.05. The molecule has 5 nitrogen and oxygen atoms in total. The van der Waals surface area contributed by atoms with E-state index in [1.54, 1.807) is 11.9 Å². The van der Waals surface area contributed by atoms with Crippen LogP contribution < -0.4 is 0 Å². The van der Waals surface area contributed by atoms with Gasteiger partial charge in [-0.25, -0.2) is 0 Å². The molecule has 27 heavy (non-hydrogen) atoms. The molecule has 5 heteroatoms. The number of esters is 1. The third kappa shape index (κ3) is 3.38. The molecule has 1 amide bonds. The van der Waals surface area contributed by atoms with E-state index in [1.807, 2.05) is 37.3 Å². The molecular formula is C22H29NO4. The maximum absolute atomic E-state index is 12.9. The fourth-order valence-corrected chi connectivity index (χ4v) is 6.01. The summed E-state index contributed by atoms with van der Waals surface area (Å²) in [4.78, 5) is 27.1. The van der Waals surface area contributed by atoms with Gasteiger partial charge in [0.05, 0.1) is 17.1 Å². The standard InChI is InChI=1S/C22H29NO4/c1-15(18-6-4-3-5-7-18)23(2)19(24)13-27-20(25)21-9-16-8-17(10-21)12-22(26,11-16)14-21/h3-7,15-17,26H,8-14H2,1-2H3/t15-,16-,17-,21?,22?/m1/s1. The average Bonchev–Trinajstić information content (AvgIpc) is 2.63. The second-order valence-corrected chi connectivity index (χ2v) is 9.13. The predicted molar refractivity (Wildman–Crippen MR) is 101 cm³/mol. The van der Waals surface area contributed by atoms with Crippen LogP contribution in [0.2, 0.25) is 0 Å². The monoisotopic (exact) mass is 371 g/mol. The summed E-state index contributed by atoms with van der Waals surface area (Å²) in [5.74, 6) is 0.341. The molecular weight excluding hydrogens is 342 g/mol. The molecule has 0 aliphatic heterocycles. The van der Waals surface area contributed by atoms with Crippen LogP contribution in [0.1, 0.15) is 57.1 Å². The van der Waals surface area contributed by atoms with Crippen molar-refractivity contribution < 1.29 is 19.4 Å². The van der Waals surface area contributed by atoms with E-state index in [2.05, 4.69) is 0 Å². The van der Waals surface area contributed by atoms with Crippen LogP contribution in [0.5, 0.6) is 0 Å². The lowest BCUT2D eigenvalue weighted by Crippen LogP contribution is -2.58. The largest absolute Gasteiger partial charge is 0.455 e. The SMILES string of the molecule is C[C@H](c1ccccc1)N(C)C(=O)COC(=O)C12C[C@H]3C[C@@H](CC(O)(C3)C1)C2. The first-order valence-corrected chi connectivity index (χ1v) is 10.0. The number of amides is 1. The molecule has 0 heterocycles. The molecule has 4 bridgehead atoms. The van der Waals surface area contributed by atoms with Gasteiger partial charge in [0.25, 0.3) is 5.91 Å². The van der Waals surface area contributed by atoms with Crippen molar-refractivity contribution in [3.63, 3.8) is 0 Å². The topological polar surface area (TPSA) is 66.8 Å². The van der Waals surface area contributed by atoms with Crippen molar-refractivity contribution in [2.75, 3.05) is 13.7 Å². The van der Waals surface area contributed by atoms with Gasteiger partial charge in [0.2, 0.25) is 0 Å². The highest BCUT2D eigenvalue weighted by Crippen LogP contribution is 2.61. The Balaban J connectivity index is 1.37. The van der Waals surface area contributed by atoms with E-state index in [0.717, 1.165) is 37.7 Å². The molecule has 4 saturated carbocycles. The second kappa shape index (κ2) is 6.62. The predicted octanol–water partition coefficient (Wildman–Crippen LogP) is 3.08. The Labute approximate surface area is 160 Å². The van der Waals surface area contributed by atoms with Crippen LogP contribution in [0.15, 0.2) is 30.3 Å². The average molecular weight is 371 g/mol. The van der Waals surface area contributed by atoms with E-state index >= 15 is 0 Å². The van der Waals surface area contributed by atoms with Gasteiger partial charge in [-0.3, -0.25) is 9.59 Å². The Morgan fingerprint density at radius 2 is 1.81 bits per heavy atom. The Hall–Kier alpha value is -1.88. The number of benzene rings is 1. The zero-order chi connectivity index (χ0) is 19.2. The number of carbonyl (C=O) groups excluding carboxylic acids is 2. The van der Waals surface area contributed by atoms with Gasteiger partial charge in [0.1, 0.15) is 0 Å². The smallest absolute Gasteiger partial charge is 0.312 e. The van der Waals surface area contributed by atoms with Gasteiger partial charge in [-0.05, 0) is 62.8 Å². The molecule has 4 fully saturated rings. The zero-order valence-corrected chi connectivity index (χ0v) is 16.2. The second-order valence-electron chi connectivity index (χ2n) is 9.13. The summed E-state index contributed by atoms with van der Waals surface area (Å²) in [6, 6.07) is 9.72. The van der Waals surface area contributed by atoms with E-state index in [-0.39, 0.29) is 24.5 Å². The Morgan fingerprint density at radius 1 is 1.19 bits per heavy atom. The number of likely N-dealkylation sites (N-methyl/N-ethyl adjacent to an activating group) is 1. The fraction of sp³-hybridized carbons (Fsp3) is 0.636. The van der Waals surface area contributed by atoms with E-state index in [0.29, 0.717) is 18.3 Å². The molecule has 4 aliphatic rings. The van der Waals surface area contributed by atoms with Crippen molar-refractivity contribution in [1.82, 2.24) is 4.90 Å². The Kier molecular flexibility index (Phi) is 4.53. The van der Waals surface area contributed by atoms with Crippen LogP contribution in [-0.4, -0.2) is 41.1 Å². The van der Waals surface area contributed by atoms with Crippen molar-refractivity contribution in [3.8, 4) is 0 Å². The molecule has 5 rings (SSSR count). The van der Waals surface area contributed by atoms with Crippen LogP contribution in [0.3, 0.4) is 0 Å². The number of rotatable bonds is 5. The number of hydrogen-bond donors (Lipinski definition) is 1. The molecule has 0 spiro atoms. The van der Waals surface area contributed by atoms with Gasteiger partial charge in [-0.15, -0.1) is 0 Å². The lowest BCUT2D eigenvalue weighted by molar-refractivity contribution is -0.197. The molecule has 3 atom stereocenters. The molecule has 0 unspecified atom stereocenters. The van der Waals surface area contributed by atoms with Crippen molar-refractivity contribution in [2.45, 2.75) is 57.1 Å². The van der Waals surface area contributed by atoms with Crippen molar-refractivity contribution in [2.24, 2.45) is 17.3 Å². The molecule has 1 N–H and O–H groups in total. The quantitative estimate of drug-likeness (QED) is 0.808. The van der Waals surface area contributed by atoms with E-state index in [9.17, 15) is 14.7 Å². The maximum atomic E-state index is 12.9. The minimum absolute atomic E-state index is 0.0855. The van der Waals surface area contributed by atoms with Crippen LogP contribution in [0, 0.1) is 17.3 Å². The summed E-state index contributed by atoms with van der Waals surface area (Å²) < 4.78 is 5.50. The van der Waals surface area contributed by atoms with E-state index in [1.165, 1.54) is 0 Å². The van der Waals surface area contributed by atoms with Gasteiger partial charge in [0.15, 0.2) is 6.61 Å². The number of aliphatic hydroxyl groups is 1. The molecule has 1 aromatic carbocycles. The summed E-state index contributed by atoms with van der Waals surface area (Å²) in [5, 5.41) is 10.8. The lowest BCUT2D eigenvalue weighted by Gasteiger charge is -2.58. The number of nitrogens with zero attached hydrogens (tertiary/aromatic N) is 1. The summed E-state index contributed by atoms with van der Waals surface area (Å²) in [6.07, 6.45) is 4.84. The summed E-state index contributed by atoms with van der Waals surface area (Å²) >= 11 is 0. The highest BCUT2D eigenvalue weighted by atomic mass is 16.5. The van der Waals surface area contributed by atoms with Crippen LogP contribution in [0.25, 0.3) is 0 Å². The van der Waals surface area contributed by atoms with E-state index < -0.39 is 11.0 Å². The van der Waals surface area contributed by atoms with Gasteiger partial charge >= 0.3 is 5.97 Å². The fourth-order valence-electron chi connectivity index (χ4n) is 6.01. The highest BCUT2D eigenvalue weighted by molar-refractivity contribution is 5.83. The van der Waals surface area contributed by atoms with Crippen LogP contribution in [0.4, 0.5) is 0 Å². The van der Waals surface area contributed by atoms with Gasteiger partial charge in [0, 0.05) is 7.05 Å². The normalized spacial score (nSPS) is 34.9. The van der Waals surface area contributed by atoms with Crippen molar-refractivity contribution in [3.05, 3.63) is 35.9 Å². The molecule has 1 aromatic rings. The molecule has 146 valence electrons. The Morgan fingerprint density at radius 3 is 2.41 bits per heavy atom. The minimum Gasteiger partial charge on any atom is -0.455 e. The van der Waals surface area contributed by atoms with Crippen molar-refractivity contribution >= 4 is 11.9 Å². The van der Waals surface area contributed by atoms with Gasteiger partial charge in [-0.2, -0.15) is 0 Å². The number of hydrogen-bond acceptors (Lipinski definition) is 4. The minimum atomic E-state index is -0.703. The Bertz CT molecular complexity index is 717. The summed E-state index contributed by atoms with van der Waals surface area (Å²) in [7, 11) is 1.74. The maximum Gasteiger partial charge on any atom is 0.312 e. The highest BCUT2D eigenvalue weighted by Gasteiger charge is 2.60.